The molecule has 0 unspecified atom stereocenters. The van der Waals surface area contributed by atoms with Gasteiger partial charge in [-0.15, -0.1) is 0 Å². The maximum Gasteiger partial charge on any atom is 0.113 e. The highest BCUT2D eigenvalue weighted by Crippen LogP contribution is 2.07. The molecular formula is C9H18FNO. The molecule has 0 aromatic carbocycles. The van der Waals surface area contributed by atoms with Crippen molar-refractivity contribution >= 4 is 0 Å². The summed E-state index contributed by atoms with van der Waals surface area (Å²) in [5.74, 6) is 0. The van der Waals surface area contributed by atoms with Crippen LogP contribution in [0.25, 0.3) is 0 Å². The van der Waals surface area contributed by atoms with Crippen LogP contribution >= 0.6 is 0 Å². The number of nitrogens with zero attached hydrogens (tertiary/aromatic N) is 1. The largest absolute Gasteiger partial charge is 0.377 e. The highest BCUT2D eigenvalue weighted by atomic mass is 19.1. The monoisotopic (exact) mass is 175 g/mol. The lowest BCUT2D eigenvalue weighted by Crippen LogP contribution is -2.32. The average molecular weight is 175 g/mol. The van der Waals surface area contributed by atoms with E-state index in [1.165, 1.54) is 32.4 Å². The number of hydrogen-bond donors (Lipinski definition) is 0. The molecule has 0 saturated carbocycles. The Morgan fingerprint density at radius 2 is 1.83 bits per heavy atom. The molecule has 0 spiro atoms. The molecule has 2 nitrogen and oxygen atoms in total. The van der Waals surface area contributed by atoms with Crippen LogP contribution in [0.3, 0.4) is 0 Å². The third-order valence-corrected chi connectivity index (χ3v) is 2.22. The Hall–Kier alpha value is -0.150. The Morgan fingerprint density at radius 1 is 1.08 bits per heavy atom. The Kier molecular flexibility index (Phi) is 5.28. The van der Waals surface area contributed by atoms with Crippen molar-refractivity contribution in [3.63, 3.8) is 0 Å². The summed E-state index contributed by atoms with van der Waals surface area (Å²) in [6.07, 6.45) is 3.98. The first-order valence-electron chi connectivity index (χ1n) is 4.79. The van der Waals surface area contributed by atoms with Crippen LogP contribution in [0.15, 0.2) is 0 Å². The van der Waals surface area contributed by atoms with Gasteiger partial charge in [0.2, 0.25) is 0 Å². The maximum absolute atomic E-state index is 11.6. The topological polar surface area (TPSA) is 12.5 Å². The fourth-order valence-corrected chi connectivity index (χ4v) is 1.53. The Bertz CT molecular complexity index is 105. The second-order valence-electron chi connectivity index (χ2n) is 3.20. The molecule has 0 bridgehead atoms. The molecule has 1 rings (SSSR count). The van der Waals surface area contributed by atoms with E-state index in [1.807, 2.05) is 0 Å². The lowest BCUT2D eigenvalue weighted by molar-refractivity contribution is 0.0872. The zero-order chi connectivity index (χ0) is 8.65. The second kappa shape index (κ2) is 6.38. The SMILES string of the molecule is FCCOCCN1CCCCC1. The summed E-state index contributed by atoms with van der Waals surface area (Å²) in [7, 11) is 0. The van der Waals surface area contributed by atoms with Gasteiger partial charge in [0.15, 0.2) is 0 Å². The van der Waals surface area contributed by atoms with E-state index in [4.69, 9.17) is 4.74 Å². The van der Waals surface area contributed by atoms with E-state index in [2.05, 4.69) is 4.90 Å². The van der Waals surface area contributed by atoms with Gasteiger partial charge in [0.05, 0.1) is 13.2 Å². The number of halogens is 1. The highest BCUT2D eigenvalue weighted by Gasteiger charge is 2.08. The number of likely N-dealkylation sites (tertiary alicyclic amines) is 1. The van der Waals surface area contributed by atoms with Gasteiger partial charge in [-0.3, -0.25) is 0 Å². The van der Waals surface area contributed by atoms with Crippen LogP contribution in [0.1, 0.15) is 19.3 Å². The van der Waals surface area contributed by atoms with Crippen LogP contribution in [-0.2, 0) is 4.74 Å². The molecule has 0 N–H and O–H groups in total. The summed E-state index contributed by atoms with van der Waals surface area (Å²) in [5, 5.41) is 0. The van der Waals surface area contributed by atoms with Gasteiger partial charge in [0.1, 0.15) is 6.67 Å². The van der Waals surface area contributed by atoms with Gasteiger partial charge in [-0.2, -0.15) is 0 Å². The van der Waals surface area contributed by atoms with Crippen LogP contribution in [0.4, 0.5) is 4.39 Å². The summed E-state index contributed by atoms with van der Waals surface area (Å²) < 4.78 is 16.7. The predicted molar refractivity (Wildman–Crippen MR) is 47.1 cm³/mol. The molecule has 1 aliphatic rings. The molecule has 72 valence electrons. The fraction of sp³-hybridized carbons (Fsp3) is 1.00. The van der Waals surface area contributed by atoms with Gasteiger partial charge in [-0.1, -0.05) is 6.42 Å². The molecule has 0 amide bonds. The van der Waals surface area contributed by atoms with Gasteiger partial charge >= 0.3 is 0 Å². The summed E-state index contributed by atoms with van der Waals surface area (Å²) in [6.45, 7) is 3.94. The molecule has 12 heavy (non-hydrogen) atoms. The number of ether oxygens (including phenoxy) is 1. The Labute approximate surface area is 73.7 Å². The van der Waals surface area contributed by atoms with Crippen LogP contribution in [0.2, 0.25) is 0 Å². The molecule has 0 atom stereocenters. The van der Waals surface area contributed by atoms with E-state index >= 15 is 0 Å². The first kappa shape index (κ1) is 9.93. The predicted octanol–water partition coefficient (Wildman–Crippen LogP) is 1.46. The number of piperidine rings is 1. The van der Waals surface area contributed by atoms with E-state index in [0.717, 1.165) is 6.54 Å². The standard InChI is InChI=1S/C9H18FNO/c10-4-8-12-9-7-11-5-2-1-3-6-11/h1-9H2. The Morgan fingerprint density at radius 3 is 2.50 bits per heavy atom. The number of hydrogen-bond acceptors (Lipinski definition) is 2. The number of rotatable bonds is 5. The molecule has 0 aromatic heterocycles. The highest BCUT2D eigenvalue weighted by molar-refractivity contribution is 4.63. The normalized spacial score (nSPS) is 19.8. The van der Waals surface area contributed by atoms with Crippen molar-refractivity contribution in [2.75, 3.05) is 39.5 Å². The second-order valence-corrected chi connectivity index (χ2v) is 3.20. The summed E-state index contributed by atoms with van der Waals surface area (Å²) >= 11 is 0. The van der Waals surface area contributed by atoms with Crippen LogP contribution in [0, 0.1) is 0 Å². The van der Waals surface area contributed by atoms with Gasteiger partial charge in [-0.05, 0) is 25.9 Å². The van der Waals surface area contributed by atoms with Crippen molar-refractivity contribution < 1.29 is 9.13 Å². The molecule has 1 saturated heterocycles. The van der Waals surface area contributed by atoms with Gasteiger partial charge < -0.3 is 9.64 Å². The van der Waals surface area contributed by atoms with Gasteiger partial charge in [0, 0.05) is 6.54 Å². The van der Waals surface area contributed by atoms with E-state index < -0.39 is 0 Å². The van der Waals surface area contributed by atoms with Crippen LogP contribution < -0.4 is 0 Å². The van der Waals surface area contributed by atoms with E-state index in [0.29, 0.717) is 6.61 Å². The van der Waals surface area contributed by atoms with Crippen molar-refractivity contribution in [1.82, 2.24) is 4.90 Å². The average Bonchev–Trinajstić information content (AvgIpc) is 2.14. The fourth-order valence-electron chi connectivity index (χ4n) is 1.53. The van der Waals surface area contributed by atoms with E-state index in [9.17, 15) is 4.39 Å². The van der Waals surface area contributed by atoms with Crippen molar-refractivity contribution in [3.8, 4) is 0 Å². The van der Waals surface area contributed by atoms with Crippen molar-refractivity contribution in [2.24, 2.45) is 0 Å². The molecule has 0 aliphatic carbocycles. The molecule has 1 aliphatic heterocycles. The quantitative estimate of drug-likeness (QED) is 0.586. The summed E-state index contributed by atoms with van der Waals surface area (Å²) in [6, 6.07) is 0. The van der Waals surface area contributed by atoms with Gasteiger partial charge in [0.25, 0.3) is 0 Å². The first-order chi connectivity index (χ1) is 5.93. The summed E-state index contributed by atoms with van der Waals surface area (Å²) in [4.78, 5) is 2.39. The third-order valence-electron chi connectivity index (χ3n) is 2.22. The maximum atomic E-state index is 11.6. The molecule has 1 fully saturated rings. The minimum atomic E-state index is -0.361. The minimum Gasteiger partial charge on any atom is -0.377 e. The number of alkyl halides is 1. The lowest BCUT2D eigenvalue weighted by atomic mass is 10.1. The smallest absolute Gasteiger partial charge is 0.113 e. The van der Waals surface area contributed by atoms with Crippen molar-refractivity contribution in [2.45, 2.75) is 19.3 Å². The van der Waals surface area contributed by atoms with E-state index in [1.54, 1.807) is 0 Å². The van der Waals surface area contributed by atoms with Crippen LogP contribution in [-0.4, -0.2) is 44.4 Å². The zero-order valence-electron chi connectivity index (χ0n) is 7.60. The zero-order valence-corrected chi connectivity index (χ0v) is 7.60. The first-order valence-corrected chi connectivity index (χ1v) is 4.79. The third kappa shape index (κ3) is 4.02. The molecule has 3 heteroatoms. The van der Waals surface area contributed by atoms with E-state index in [-0.39, 0.29) is 13.3 Å². The summed E-state index contributed by atoms with van der Waals surface area (Å²) in [5.41, 5.74) is 0. The Balaban J connectivity index is 1.91. The van der Waals surface area contributed by atoms with Crippen LogP contribution in [0.5, 0.6) is 0 Å². The van der Waals surface area contributed by atoms with Crippen molar-refractivity contribution in [1.29, 1.82) is 0 Å². The molecular weight excluding hydrogens is 157 g/mol. The molecule has 0 aromatic rings. The minimum absolute atomic E-state index is 0.258. The molecule has 0 radical (unpaired) electrons. The van der Waals surface area contributed by atoms with Gasteiger partial charge in [-0.25, -0.2) is 4.39 Å². The molecule has 1 heterocycles. The lowest BCUT2D eigenvalue weighted by Gasteiger charge is -2.25. The van der Waals surface area contributed by atoms with Crippen molar-refractivity contribution in [3.05, 3.63) is 0 Å².